The van der Waals surface area contributed by atoms with Crippen LogP contribution in [0.15, 0.2) is 0 Å². The lowest BCUT2D eigenvalue weighted by atomic mass is 9.95. The number of ether oxygens (including phenoxy) is 1. The monoisotopic (exact) mass is 241 g/mol. The molecule has 4 nitrogen and oxygen atoms in total. The molecular formula is C13H23NO3. The van der Waals surface area contributed by atoms with Crippen LogP contribution in [0.2, 0.25) is 0 Å². The average molecular weight is 241 g/mol. The number of amides is 1. The molecule has 1 atom stereocenters. The van der Waals surface area contributed by atoms with E-state index in [0.29, 0.717) is 6.54 Å². The van der Waals surface area contributed by atoms with Crippen molar-refractivity contribution in [3.05, 3.63) is 0 Å². The summed E-state index contributed by atoms with van der Waals surface area (Å²) in [6.45, 7) is 5.38. The molecule has 0 unspecified atom stereocenters. The third-order valence-corrected chi connectivity index (χ3v) is 3.60. The molecule has 0 aromatic rings. The molecule has 1 aliphatic heterocycles. The van der Waals surface area contributed by atoms with E-state index in [0.717, 1.165) is 32.2 Å². The zero-order valence-corrected chi connectivity index (χ0v) is 11.1. The van der Waals surface area contributed by atoms with Gasteiger partial charge in [-0.2, -0.15) is 0 Å². The Morgan fingerprint density at radius 1 is 1.35 bits per heavy atom. The molecule has 1 saturated heterocycles. The second kappa shape index (κ2) is 6.62. The number of hydrogen-bond donors (Lipinski definition) is 0. The first kappa shape index (κ1) is 14.0. The molecule has 0 aromatic carbocycles. The minimum Gasteiger partial charge on any atom is -0.469 e. The Hall–Kier alpha value is -1.06. The van der Waals surface area contributed by atoms with E-state index in [4.69, 9.17) is 4.74 Å². The van der Waals surface area contributed by atoms with Gasteiger partial charge in [0, 0.05) is 19.0 Å². The van der Waals surface area contributed by atoms with Crippen LogP contribution in [0, 0.1) is 11.8 Å². The topological polar surface area (TPSA) is 46.6 Å². The summed E-state index contributed by atoms with van der Waals surface area (Å²) >= 11 is 0. The zero-order valence-electron chi connectivity index (χ0n) is 11.1. The highest BCUT2D eigenvalue weighted by atomic mass is 16.5. The summed E-state index contributed by atoms with van der Waals surface area (Å²) in [4.78, 5) is 25.5. The number of rotatable bonds is 4. The number of carbonyl (C=O) groups excluding carboxylic acids is 2. The van der Waals surface area contributed by atoms with Gasteiger partial charge < -0.3 is 9.64 Å². The minimum absolute atomic E-state index is 0.103. The van der Waals surface area contributed by atoms with Gasteiger partial charge in [-0.25, -0.2) is 0 Å². The average Bonchev–Trinajstić information content (AvgIpc) is 2.39. The van der Waals surface area contributed by atoms with Gasteiger partial charge in [0.05, 0.1) is 13.0 Å². The molecule has 0 bridgehead atoms. The highest BCUT2D eigenvalue weighted by Crippen LogP contribution is 2.21. The summed E-state index contributed by atoms with van der Waals surface area (Å²) in [5.74, 6) is -0.0193. The van der Waals surface area contributed by atoms with E-state index in [1.807, 2.05) is 18.7 Å². The molecule has 1 heterocycles. The number of nitrogens with zero attached hydrogens (tertiary/aromatic N) is 1. The van der Waals surface area contributed by atoms with E-state index in [9.17, 15) is 9.59 Å². The number of hydrogen-bond acceptors (Lipinski definition) is 3. The number of carbonyl (C=O) groups is 2. The highest BCUT2D eigenvalue weighted by molar-refractivity contribution is 5.80. The number of esters is 1. The third-order valence-electron chi connectivity index (χ3n) is 3.60. The lowest BCUT2D eigenvalue weighted by molar-refractivity contribution is -0.149. The summed E-state index contributed by atoms with van der Waals surface area (Å²) in [7, 11) is 1.41. The lowest BCUT2D eigenvalue weighted by Crippen LogP contribution is -2.45. The summed E-state index contributed by atoms with van der Waals surface area (Å²) < 4.78 is 4.75. The van der Waals surface area contributed by atoms with Gasteiger partial charge in [0.15, 0.2) is 0 Å². The van der Waals surface area contributed by atoms with E-state index in [-0.39, 0.29) is 23.7 Å². The van der Waals surface area contributed by atoms with Crippen LogP contribution in [0.5, 0.6) is 0 Å². The molecule has 1 rings (SSSR count). The van der Waals surface area contributed by atoms with Gasteiger partial charge in [0.25, 0.3) is 0 Å². The van der Waals surface area contributed by atoms with Crippen LogP contribution in [0.1, 0.15) is 39.5 Å². The molecule has 17 heavy (non-hydrogen) atoms. The van der Waals surface area contributed by atoms with Crippen LogP contribution in [0.25, 0.3) is 0 Å². The van der Waals surface area contributed by atoms with E-state index < -0.39 is 0 Å². The van der Waals surface area contributed by atoms with Gasteiger partial charge in [0.2, 0.25) is 5.91 Å². The van der Waals surface area contributed by atoms with Crippen LogP contribution in [0.3, 0.4) is 0 Å². The Labute approximate surface area is 103 Å². The molecule has 0 aliphatic carbocycles. The van der Waals surface area contributed by atoms with Crippen molar-refractivity contribution in [2.45, 2.75) is 39.5 Å². The molecular weight excluding hydrogens is 218 g/mol. The van der Waals surface area contributed by atoms with Crippen LogP contribution in [0.4, 0.5) is 0 Å². The van der Waals surface area contributed by atoms with Gasteiger partial charge in [-0.15, -0.1) is 0 Å². The van der Waals surface area contributed by atoms with Crippen molar-refractivity contribution in [1.29, 1.82) is 0 Å². The summed E-state index contributed by atoms with van der Waals surface area (Å²) in [6.07, 6.45) is 3.47. The second-order valence-electron chi connectivity index (χ2n) is 4.66. The standard InChI is InChI=1S/C13H23NO3/c1-4-10(5-2)12(15)14-8-6-7-11(9-14)13(16)17-3/h10-11H,4-9H2,1-3H3/t11-/m0/s1. The minimum atomic E-state index is -0.188. The maximum Gasteiger partial charge on any atom is 0.310 e. The predicted octanol–water partition coefficient (Wildman–Crippen LogP) is 1.83. The molecule has 98 valence electrons. The van der Waals surface area contributed by atoms with Crippen molar-refractivity contribution >= 4 is 11.9 Å². The Bertz CT molecular complexity index is 274. The van der Waals surface area contributed by atoms with Crippen molar-refractivity contribution in [2.75, 3.05) is 20.2 Å². The molecule has 1 fully saturated rings. The molecule has 1 aliphatic rings. The highest BCUT2D eigenvalue weighted by Gasteiger charge is 2.30. The van der Waals surface area contributed by atoms with Crippen molar-refractivity contribution in [3.63, 3.8) is 0 Å². The van der Waals surface area contributed by atoms with E-state index in [1.165, 1.54) is 7.11 Å². The number of piperidine rings is 1. The molecule has 1 amide bonds. The quantitative estimate of drug-likeness (QED) is 0.705. The van der Waals surface area contributed by atoms with Gasteiger partial charge in [-0.05, 0) is 25.7 Å². The Morgan fingerprint density at radius 3 is 2.53 bits per heavy atom. The first-order valence-corrected chi connectivity index (χ1v) is 6.50. The van der Waals surface area contributed by atoms with Crippen molar-refractivity contribution in [1.82, 2.24) is 4.90 Å². The Kier molecular flexibility index (Phi) is 5.45. The van der Waals surface area contributed by atoms with Crippen LogP contribution in [-0.2, 0) is 14.3 Å². The molecule has 0 saturated carbocycles. The van der Waals surface area contributed by atoms with E-state index >= 15 is 0 Å². The molecule has 0 N–H and O–H groups in total. The van der Waals surface area contributed by atoms with Crippen molar-refractivity contribution < 1.29 is 14.3 Å². The van der Waals surface area contributed by atoms with Gasteiger partial charge in [-0.1, -0.05) is 13.8 Å². The Balaban J connectivity index is 2.60. The van der Waals surface area contributed by atoms with Crippen molar-refractivity contribution in [3.8, 4) is 0 Å². The second-order valence-corrected chi connectivity index (χ2v) is 4.66. The SMILES string of the molecule is CCC(CC)C(=O)N1CCC[C@H](C(=O)OC)C1. The third kappa shape index (κ3) is 3.45. The molecule has 4 heteroatoms. The van der Waals surface area contributed by atoms with Crippen LogP contribution < -0.4 is 0 Å². The van der Waals surface area contributed by atoms with E-state index in [2.05, 4.69) is 0 Å². The zero-order chi connectivity index (χ0) is 12.8. The fourth-order valence-corrected chi connectivity index (χ4v) is 2.43. The first-order chi connectivity index (χ1) is 8.13. The molecule has 0 aromatic heterocycles. The maximum absolute atomic E-state index is 12.2. The lowest BCUT2D eigenvalue weighted by Gasteiger charge is -2.33. The van der Waals surface area contributed by atoms with Gasteiger partial charge in [0.1, 0.15) is 0 Å². The summed E-state index contributed by atoms with van der Waals surface area (Å²) in [5, 5.41) is 0. The number of likely N-dealkylation sites (tertiary alicyclic amines) is 1. The van der Waals surface area contributed by atoms with Gasteiger partial charge >= 0.3 is 5.97 Å². The predicted molar refractivity (Wildman–Crippen MR) is 65.4 cm³/mol. The van der Waals surface area contributed by atoms with Crippen molar-refractivity contribution in [2.24, 2.45) is 11.8 Å². The molecule has 0 radical (unpaired) electrons. The van der Waals surface area contributed by atoms with Crippen LogP contribution in [-0.4, -0.2) is 37.0 Å². The fourth-order valence-electron chi connectivity index (χ4n) is 2.43. The summed E-state index contributed by atoms with van der Waals surface area (Å²) in [5.41, 5.74) is 0. The smallest absolute Gasteiger partial charge is 0.310 e. The van der Waals surface area contributed by atoms with E-state index in [1.54, 1.807) is 0 Å². The maximum atomic E-state index is 12.2. The summed E-state index contributed by atoms with van der Waals surface area (Å²) in [6, 6.07) is 0. The first-order valence-electron chi connectivity index (χ1n) is 6.50. The Morgan fingerprint density at radius 2 is 2.00 bits per heavy atom. The number of methoxy groups -OCH3 is 1. The molecule has 0 spiro atoms. The van der Waals surface area contributed by atoms with Crippen LogP contribution >= 0.6 is 0 Å². The van der Waals surface area contributed by atoms with Gasteiger partial charge in [-0.3, -0.25) is 9.59 Å². The normalized spacial score (nSPS) is 20.5. The fraction of sp³-hybridized carbons (Fsp3) is 0.846. The largest absolute Gasteiger partial charge is 0.469 e.